The van der Waals surface area contributed by atoms with Crippen molar-refractivity contribution in [3.05, 3.63) is 23.2 Å². The van der Waals surface area contributed by atoms with Gasteiger partial charge in [0, 0.05) is 6.54 Å². The number of hydrogen-bond acceptors (Lipinski definition) is 3. The van der Waals surface area contributed by atoms with Gasteiger partial charge in [-0.15, -0.1) is 0 Å². The molecule has 1 aliphatic carbocycles. The molecule has 0 aliphatic heterocycles. The third-order valence-corrected chi connectivity index (χ3v) is 4.41. The number of carbonyl (C=O) groups is 1. The fourth-order valence-corrected chi connectivity index (χ4v) is 3.09. The Morgan fingerprint density at radius 3 is 3.00 bits per heavy atom. The molecule has 1 aliphatic rings. The normalized spacial score (nSPS) is 15.0. The van der Waals surface area contributed by atoms with E-state index in [0.717, 1.165) is 22.7 Å². The molecule has 19 heavy (non-hydrogen) atoms. The van der Waals surface area contributed by atoms with Crippen LogP contribution in [-0.2, 0) is 11.3 Å². The maximum Gasteiger partial charge on any atom is 0.313 e. The Morgan fingerprint density at radius 1 is 1.53 bits per heavy atom. The van der Waals surface area contributed by atoms with E-state index in [4.69, 9.17) is 16.7 Å². The Labute approximate surface area is 119 Å². The van der Waals surface area contributed by atoms with Crippen molar-refractivity contribution in [3.8, 4) is 0 Å². The average molecular weight is 297 g/mol. The molecular weight excluding hydrogens is 284 g/mol. The lowest BCUT2D eigenvalue weighted by Crippen LogP contribution is -2.04. The Balaban J connectivity index is 2.02. The maximum absolute atomic E-state index is 10.7. The quantitative estimate of drug-likeness (QED) is 0.860. The number of nitrogens with zero attached hydrogens (tertiary/aromatic N) is 2. The van der Waals surface area contributed by atoms with Crippen molar-refractivity contribution in [1.29, 1.82) is 0 Å². The number of imidazole rings is 1. The summed E-state index contributed by atoms with van der Waals surface area (Å²) in [5.74, 6) is -0.134. The maximum atomic E-state index is 10.7. The Kier molecular flexibility index (Phi) is 3.41. The van der Waals surface area contributed by atoms with Crippen LogP contribution < -0.4 is 0 Å². The van der Waals surface area contributed by atoms with Crippen molar-refractivity contribution in [1.82, 2.24) is 9.55 Å². The fraction of sp³-hybridized carbons (Fsp3) is 0.385. The van der Waals surface area contributed by atoms with Crippen LogP contribution in [0.2, 0.25) is 5.02 Å². The third kappa shape index (κ3) is 2.72. The molecule has 0 radical (unpaired) electrons. The highest BCUT2D eigenvalue weighted by molar-refractivity contribution is 7.99. The Hall–Kier alpha value is -1.20. The van der Waals surface area contributed by atoms with E-state index in [1.54, 1.807) is 0 Å². The predicted octanol–water partition coefficient (Wildman–Crippen LogP) is 3.28. The van der Waals surface area contributed by atoms with Crippen LogP contribution in [0.25, 0.3) is 11.0 Å². The minimum absolute atomic E-state index is 0.0195. The van der Waals surface area contributed by atoms with Crippen LogP contribution in [0, 0.1) is 5.92 Å². The highest BCUT2D eigenvalue weighted by Gasteiger charge is 2.25. The summed E-state index contributed by atoms with van der Waals surface area (Å²) in [6.45, 7) is 0.877. The Morgan fingerprint density at radius 2 is 2.32 bits per heavy atom. The molecule has 0 atom stereocenters. The monoisotopic (exact) mass is 296 g/mol. The van der Waals surface area contributed by atoms with Gasteiger partial charge in [-0.05, 0) is 30.9 Å². The molecule has 1 aromatic carbocycles. The van der Waals surface area contributed by atoms with Gasteiger partial charge in [0.2, 0.25) is 0 Å². The number of thioether (sulfide) groups is 1. The molecule has 3 rings (SSSR count). The van der Waals surface area contributed by atoms with E-state index in [-0.39, 0.29) is 5.75 Å². The van der Waals surface area contributed by atoms with E-state index in [9.17, 15) is 4.79 Å². The zero-order valence-corrected chi connectivity index (χ0v) is 11.7. The van der Waals surface area contributed by atoms with Crippen molar-refractivity contribution < 1.29 is 9.90 Å². The third-order valence-electron chi connectivity index (χ3n) is 3.14. The van der Waals surface area contributed by atoms with E-state index < -0.39 is 5.97 Å². The number of aromatic nitrogens is 2. The predicted molar refractivity (Wildman–Crippen MR) is 75.8 cm³/mol. The van der Waals surface area contributed by atoms with E-state index in [1.807, 2.05) is 18.2 Å². The molecule has 100 valence electrons. The van der Waals surface area contributed by atoms with Crippen LogP contribution in [0.4, 0.5) is 0 Å². The smallest absolute Gasteiger partial charge is 0.313 e. The van der Waals surface area contributed by atoms with E-state index in [1.165, 1.54) is 24.6 Å². The molecule has 0 saturated heterocycles. The van der Waals surface area contributed by atoms with Crippen molar-refractivity contribution >= 4 is 40.4 Å². The first-order valence-electron chi connectivity index (χ1n) is 6.14. The largest absolute Gasteiger partial charge is 0.481 e. The van der Waals surface area contributed by atoms with Gasteiger partial charge in [0.1, 0.15) is 0 Å². The summed E-state index contributed by atoms with van der Waals surface area (Å²) >= 11 is 7.51. The van der Waals surface area contributed by atoms with E-state index in [2.05, 4.69) is 9.55 Å². The molecule has 0 unspecified atom stereocenters. The minimum atomic E-state index is -0.832. The van der Waals surface area contributed by atoms with Crippen molar-refractivity contribution in [2.45, 2.75) is 24.5 Å². The number of hydrogen-bond donors (Lipinski definition) is 1. The average Bonchev–Trinajstić information content (AvgIpc) is 3.09. The molecule has 1 aromatic heterocycles. The molecule has 1 saturated carbocycles. The lowest BCUT2D eigenvalue weighted by Gasteiger charge is -2.07. The summed E-state index contributed by atoms with van der Waals surface area (Å²) in [7, 11) is 0. The minimum Gasteiger partial charge on any atom is -0.481 e. The van der Waals surface area contributed by atoms with Gasteiger partial charge >= 0.3 is 5.97 Å². The zero-order chi connectivity index (χ0) is 13.4. The SMILES string of the molecule is O=C(O)CSc1nc2cccc(Cl)c2n1CC1CC1. The molecule has 0 amide bonds. The summed E-state index contributed by atoms with van der Waals surface area (Å²) in [5.41, 5.74) is 1.75. The summed E-state index contributed by atoms with van der Waals surface area (Å²) < 4.78 is 2.07. The number of aliphatic carboxylic acids is 1. The first kappa shape index (κ1) is 12.8. The summed E-state index contributed by atoms with van der Waals surface area (Å²) in [6, 6.07) is 5.63. The molecule has 0 spiro atoms. The fourth-order valence-electron chi connectivity index (χ4n) is 2.08. The highest BCUT2D eigenvalue weighted by atomic mass is 35.5. The van der Waals surface area contributed by atoms with Crippen LogP contribution in [0.5, 0.6) is 0 Å². The lowest BCUT2D eigenvalue weighted by molar-refractivity contribution is -0.133. The molecule has 1 N–H and O–H groups in total. The molecule has 4 nitrogen and oxygen atoms in total. The highest BCUT2D eigenvalue weighted by Crippen LogP contribution is 2.36. The molecule has 6 heteroatoms. The van der Waals surface area contributed by atoms with E-state index >= 15 is 0 Å². The summed E-state index contributed by atoms with van der Waals surface area (Å²) in [4.78, 5) is 15.2. The number of carboxylic acid groups (broad SMARTS) is 1. The summed E-state index contributed by atoms with van der Waals surface area (Å²) in [5, 5.41) is 10.2. The van der Waals surface area contributed by atoms with Crippen LogP contribution >= 0.6 is 23.4 Å². The second-order valence-electron chi connectivity index (χ2n) is 4.74. The van der Waals surface area contributed by atoms with Gasteiger partial charge < -0.3 is 9.67 Å². The second kappa shape index (κ2) is 5.06. The topological polar surface area (TPSA) is 55.1 Å². The first-order chi connectivity index (χ1) is 9.15. The number of carboxylic acids is 1. The van der Waals surface area contributed by atoms with Gasteiger partial charge in [-0.3, -0.25) is 4.79 Å². The number of para-hydroxylation sites is 1. The second-order valence-corrected chi connectivity index (χ2v) is 6.09. The number of fused-ring (bicyclic) bond motifs is 1. The van der Waals surface area contributed by atoms with Crippen LogP contribution in [-0.4, -0.2) is 26.4 Å². The molecule has 1 fully saturated rings. The van der Waals surface area contributed by atoms with Crippen molar-refractivity contribution in [3.63, 3.8) is 0 Å². The van der Waals surface area contributed by atoms with Crippen LogP contribution in [0.1, 0.15) is 12.8 Å². The molecule has 0 bridgehead atoms. The number of benzene rings is 1. The number of rotatable bonds is 5. The lowest BCUT2D eigenvalue weighted by atomic mass is 10.3. The van der Waals surface area contributed by atoms with Gasteiger partial charge in [-0.25, -0.2) is 4.98 Å². The Bertz CT molecular complexity index is 637. The molecule has 2 aromatic rings. The van der Waals surface area contributed by atoms with Crippen molar-refractivity contribution in [2.24, 2.45) is 5.92 Å². The first-order valence-corrected chi connectivity index (χ1v) is 7.51. The van der Waals surface area contributed by atoms with Gasteiger partial charge in [0.15, 0.2) is 5.16 Å². The van der Waals surface area contributed by atoms with E-state index in [0.29, 0.717) is 10.9 Å². The van der Waals surface area contributed by atoms with Crippen molar-refractivity contribution in [2.75, 3.05) is 5.75 Å². The standard InChI is InChI=1S/C13H13ClN2O2S/c14-9-2-1-3-10-12(9)16(6-8-4-5-8)13(15-10)19-7-11(17)18/h1-3,8H,4-7H2,(H,17,18). The van der Waals surface area contributed by atoms with Gasteiger partial charge in [-0.2, -0.15) is 0 Å². The van der Waals surface area contributed by atoms with Crippen LogP contribution in [0.3, 0.4) is 0 Å². The zero-order valence-electron chi connectivity index (χ0n) is 10.2. The van der Waals surface area contributed by atoms with Crippen LogP contribution in [0.15, 0.2) is 23.4 Å². The molecular formula is C13H13ClN2O2S. The van der Waals surface area contributed by atoms with Gasteiger partial charge in [0.25, 0.3) is 0 Å². The van der Waals surface area contributed by atoms with Gasteiger partial charge in [0.05, 0.1) is 21.8 Å². The summed E-state index contributed by atoms with van der Waals surface area (Å²) in [6.07, 6.45) is 2.46. The number of halogens is 1. The molecule has 1 heterocycles. The van der Waals surface area contributed by atoms with Gasteiger partial charge in [-0.1, -0.05) is 29.4 Å².